The Morgan fingerprint density at radius 1 is 1.40 bits per heavy atom. The molecule has 2 N–H and O–H groups in total. The second-order valence-electron chi connectivity index (χ2n) is 4.83. The minimum atomic E-state index is 0.246. The molecule has 3 unspecified atom stereocenters. The van der Waals surface area contributed by atoms with Crippen molar-refractivity contribution in [3.63, 3.8) is 0 Å². The van der Waals surface area contributed by atoms with Gasteiger partial charge in [-0.3, -0.25) is 0 Å². The third kappa shape index (κ3) is 4.09. The Balaban J connectivity index is 2.32. The molecule has 3 atom stereocenters. The highest BCUT2D eigenvalue weighted by atomic mass is 16.5. The maximum atomic E-state index is 5.99. The molecule has 1 fully saturated rings. The third-order valence-corrected chi connectivity index (χ3v) is 3.45. The van der Waals surface area contributed by atoms with Crippen molar-refractivity contribution in [1.29, 1.82) is 0 Å². The highest BCUT2D eigenvalue weighted by Crippen LogP contribution is 2.14. The summed E-state index contributed by atoms with van der Waals surface area (Å²) in [6, 6.07) is 0.246. The second-order valence-corrected chi connectivity index (χ2v) is 4.83. The average Bonchev–Trinajstić information content (AvgIpc) is 2.63. The number of nitrogens with zero attached hydrogens (tertiary/aromatic N) is 1. The summed E-state index contributed by atoms with van der Waals surface area (Å²) < 4.78 is 5.39. The van der Waals surface area contributed by atoms with Gasteiger partial charge in [0.05, 0.1) is 13.2 Å². The van der Waals surface area contributed by atoms with E-state index in [1.807, 2.05) is 0 Å². The molecule has 15 heavy (non-hydrogen) atoms. The van der Waals surface area contributed by atoms with E-state index in [1.165, 1.54) is 13.0 Å². The van der Waals surface area contributed by atoms with Crippen molar-refractivity contribution in [2.24, 2.45) is 17.6 Å². The fourth-order valence-corrected chi connectivity index (χ4v) is 2.04. The molecule has 0 amide bonds. The van der Waals surface area contributed by atoms with Crippen LogP contribution in [0.3, 0.4) is 0 Å². The van der Waals surface area contributed by atoms with Gasteiger partial charge in [-0.25, -0.2) is 0 Å². The summed E-state index contributed by atoms with van der Waals surface area (Å²) in [4.78, 5) is 2.51. The topological polar surface area (TPSA) is 38.5 Å². The van der Waals surface area contributed by atoms with E-state index < -0.39 is 0 Å². The van der Waals surface area contributed by atoms with Gasteiger partial charge in [0.1, 0.15) is 0 Å². The van der Waals surface area contributed by atoms with Crippen LogP contribution in [0.4, 0.5) is 0 Å². The van der Waals surface area contributed by atoms with Crippen LogP contribution in [0.5, 0.6) is 0 Å². The molecule has 0 bridgehead atoms. The lowest BCUT2D eigenvalue weighted by Crippen LogP contribution is -2.40. The Bertz CT molecular complexity index is 175. The predicted molar refractivity (Wildman–Crippen MR) is 63.9 cm³/mol. The van der Waals surface area contributed by atoms with Crippen molar-refractivity contribution in [3.8, 4) is 0 Å². The first-order valence-corrected chi connectivity index (χ1v) is 6.23. The maximum absolute atomic E-state index is 5.99. The van der Waals surface area contributed by atoms with Crippen LogP contribution < -0.4 is 5.73 Å². The number of hydrogen-bond acceptors (Lipinski definition) is 3. The summed E-state index contributed by atoms with van der Waals surface area (Å²) in [5.74, 6) is 1.32. The lowest BCUT2D eigenvalue weighted by Gasteiger charge is -2.27. The van der Waals surface area contributed by atoms with Gasteiger partial charge in [-0.05, 0) is 12.5 Å². The second kappa shape index (κ2) is 6.46. The molecule has 3 nitrogen and oxygen atoms in total. The first-order valence-electron chi connectivity index (χ1n) is 6.23. The maximum Gasteiger partial charge on any atom is 0.0621 e. The van der Waals surface area contributed by atoms with Crippen LogP contribution in [-0.2, 0) is 4.74 Å². The van der Waals surface area contributed by atoms with E-state index in [0.717, 1.165) is 32.2 Å². The Morgan fingerprint density at radius 3 is 2.60 bits per heavy atom. The minimum absolute atomic E-state index is 0.246. The summed E-state index contributed by atoms with van der Waals surface area (Å²) in [6.45, 7) is 11.8. The summed E-state index contributed by atoms with van der Waals surface area (Å²) in [6.07, 6.45) is 1.25. The highest BCUT2D eigenvalue weighted by Gasteiger charge is 2.26. The molecule has 1 rings (SSSR count). The van der Waals surface area contributed by atoms with E-state index in [4.69, 9.17) is 10.5 Å². The van der Waals surface area contributed by atoms with Crippen LogP contribution in [-0.4, -0.2) is 43.8 Å². The molecule has 0 aromatic rings. The number of hydrogen-bond donors (Lipinski definition) is 1. The third-order valence-electron chi connectivity index (χ3n) is 3.45. The van der Waals surface area contributed by atoms with Crippen molar-refractivity contribution < 1.29 is 4.74 Å². The van der Waals surface area contributed by atoms with Crippen molar-refractivity contribution in [3.05, 3.63) is 0 Å². The standard InChI is InChI=1S/C12H26N2O/c1-4-10(3)6-14(5-2)7-11-8-15-9-12(11)13/h10-12H,4-9,13H2,1-3H3. The van der Waals surface area contributed by atoms with E-state index in [0.29, 0.717) is 5.92 Å². The van der Waals surface area contributed by atoms with Gasteiger partial charge in [-0.1, -0.05) is 27.2 Å². The molecule has 0 aromatic carbocycles. The molecule has 1 saturated heterocycles. The quantitative estimate of drug-likeness (QED) is 0.725. The molecule has 0 spiro atoms. The van der Waals surface area contributed by atoms with Crippen molar-refractivity contribution >= 4 is 0 Å². The predicted octanol–water partition coefficient (Wildman–Crippen LogP) is 1.33. The average molecular weight is 214 g/mol. The van der Waals surface area contributed by atoms with Crippen LogP contribution in [0.15, 0.2) is 0 Å². The van der Waals surface area contributed by atoms with Gasteiger partial charge in [0.2, 0.25) is 0 Å². The smallest absolute Gasteiger partial charge is 0.0621 e. The van der Waals surface area contributed by atoms with E-state index in [2.05, 4.69) is 25.7 Å². The largest absolute Gasteiger partial charge is 0.379 e. The van der Waals surface area contributed by atoms with E-state index >= 15 is 0 Å². The van der Waals surface area contributed by atoms with Crippen molar-refractivity contribution in [1.82, 2.24) is 4.90 Å². The molecular weight excluding hydrogens is 188 g/mol. The monoisotopic (exact) mass is 214 g/mol. The summed E-state index contributed by atoms with van der Waals surface area (Å²) >= 11 is 0. The number of nitrogens with two attached hydrogens (primary N) is 1. The zero-order valence-electron chi connectivity index (χ0n) is 10.4. The lowest BCUT2D eigenvalue weighted by molar-refractivity contribution is 0.162. The Kier molecular flexibility index (Phi) is 5.58. The molecule has 1 heterocycles. The molecule has 1 aliphatic heterocycles. The Labute approximate surface area is 94.0 Å². The first-order chi connectivity index (χ1) is 7.17. The van der Waals surface area contributed by atoms with Gasteiger partial charge < -0.3 is 15.4 Å². The fraction of sp³-hybridized carbons (Fsp3) is 1.00. The molecule has 0 aromatic heterocycles. The van der Waals surface area contributed by atoms with E-state index in [1.54, 1.807) is 0 Å². The van der Waals surface area contributed by atoms with Gasteiger partial charge in [0, 0.05) is 25.0 Å². The van der Waals surface area contributed by atoms with Crippen LogP contribution in [0.1, 0.15) is 27.2 Å². The van der Waals surface area contributed by atoms with E-state index in [9.17, 15) is 0 Å². The molecule has 0 saturated carbocycles. The zero-order valence-corrected chi connectivity index (χ0v) is 10.4. The number of ether oxygens (including phenoxy) is 1. The normalized spacial score (nSPS) is 28.6. The zero-order chi connectivity index (χ0) is 11.3. The van der Waals surface area contributed by atoms with Gasteiger partial charge >= 0.3 is 0 Å². The molecule has 0 radical (unpaired) electrons. The molecule has 0 aliphatic carbocycles. The van der Waals surface area contributed by atoms with Gasteiger partial charge in [-0.2, -0.15) is 0 Å². The summed E-state index contributed by atoms with van der Waals surface area (Å²) in [7, 11) is 0. The lowest BCUT2D eigenvalue weighted by atomic mass is 10.0. The van der Waals surface area contributed by atoms with Crippen LogP contribution in [0.2, 0.25) is 0 Å². The molecular formula is C12H26N2O. The van der Waals surface area contributed by atoms with Crippen molar-refractivity contribution in [2.45, 2.75) is 33.2 Å². The minimum Gasteiger partial charge on any atom is -0.379 e. The van der Waals surface area contributed by atoms with E-state index in [-0.39, 0.29) is 6.04 Å². The Hall–Kier alpha value is -0.120. The molecule has 3 heteroatoms. The van der Waals surface area contributed by atoms with Crippen molar-refractivity contribution in [2.75, 3.05) is 32.8 Å². The first kappa shape index (κ1) is 12.9. The summed E-state index contributed by atoms with van der Waals surface area (Å²) in [5, 5.41) is 0. The fourth-order valence-electron chi connectivity index (χ4n) is 2.04. The van der Waals surface area contributed by atoms with Gasteiger partial charge in [0.25, 0.3) is 0 Å². The highest BCUT2D eigenvalue weighted by molar-refractivity contribution is 4.80. The molecule has 1 aliphatic rings. The van der Waals surface area contributed by atoms with Crippen LogP contribution >= 0.6 is 0 Å². The SMILES string of the molecule is CCC(C)CN(CC)CC1COCC1N. The summed E-state index contributed by atoms with van der Waals surface area (Å²) in [5.41, 5.74) is 5.99. The Morgan fingerprint density at radius 2 is 2.13 bits per heavy atom. The molecule has 90 valence electrons. The van der Waals surface area contributed by atoms with Crippen LogP contribution in [0, 0.1) is 11.8 Å². The number of rotatable bonds is 6. The van der Waals surface area contributed by atoms with Gasteiger partial charge in [-0.15, -0.1) is 0 Å². The van der Waals surface area contributed by atoms with Crippen LogP contribution in [0.25, 0.3) is 0 Å². The van der Waals surface area contributed by atoms with Gasteiger partial charge in [0.15, 0.2) is 0 Å².